The molecule has 0 radical (unpaired) electrons. The van der Waals surface area contributed by atoms with E-state index in [-0.39, 0.29) is 0 Å². The number of aldehydes is 1. The van der Waals surface area contributed by atoms with E-state index < -0.39 is 0 Å². The summed E-state index contributed by atoms with van der Waals surface area (Å²) in [6, 6.07) is 3.67. The molecule has 0 saturated carbocycles. The second-order valence-corrected chi connectivity index (χ2v) is 3.58. The fourth-order valence-corrected chi connectivity index (χ4v) is 1.22. The Balaban J connectivity index is 2.51. The largest absolute Gasteiger partial charge is 0.461 e. The maximum atomic E-state index is 10.1. The highest BCUT2D eigenvalue weighted by atomic mass is 32.2. The topological polar surface area (TPSA) is 30.2 Å². The van der Waals surface area contributed by atoms with Gasteiger partial charge in [-0.1, -0.05) is 11.8 Å². The van der Waals surface area contributed by atoms with E-state index in [0.29, 0.717) is 12.2 Å². The smallest absolute Gasteiger partial charge is 0.142 e. The van der Waals surface area contributed by atoms with E-state index in [4.69, 9.17) is 4.42 Å². The third kappa shape index (κ3) is 4.72. The minimum absolute atomic E-state index is 0.577. The van der Waals surface area contributed by atoms with Crippen molar-refractivity contribution in [3.63, 3.8) is 0 Å². The SMILES string of the molecule is CS/C=C\C#CCc1ccc(/C=C\C=O)o1. The van der Waals surface area contributed by atoms with Gasteiger partial charge in [-0.15, -0.1) is 11.8 Å². The maximum absolute atomic E-state index is 10.1. The lowest BCUT2D eigenvalue weighted by Gasteiger charge is -1.85. The van der Waals surface area contributed by atoms with Gasteiger partial charge < -0.3 is 4.42 Å². The Labute approximate surface area is 99.4 Å². The number of rotatable bonds is 4. The molecule has 0 N–H and O–H groups in total. The Hall–Kier alpha value is -1.66. The molecule has 1 heterocycles. The first kappa shape index (κ1) is 12.4. The van der Waals surface area contributed by atoms with E-state index in [9.17, 15) is 4.79 Å². The molecule has 82 valence electrons. The summed E-state index contributed by atoms with van der Waals surface area (Å²) in [6.45, 7) is 0. The molecular formula is C13H12O2S. The number of carbonyl (C=O) groups is 1. The van der Waals surface area contributed by atoms with E-state index >= 15 is 0 Å². The minimum Gasteiger partial charge on any atom is -0.461 e. The quantitative estimate of drug-likeness (QED) is 0.454. The summed E-state index contributed by atoms with van der Waals surface area (Å²) in [5, 5.41) is 1.92. The monoisotopic (exact) mass is 232 g/mol. The summed E-state index contributed by atoms with van der Waals surface area (Å²) in [4.78, 5) is 10.1. The molecule has 0 atom stereocenters. The molecule has 0 amide bonds. The molecule has 1 rings (SSSR count). The lowest BCUT2D eigenvalue weighted by molar-refractivity contribution is -0.104. The Kier molecular flexibility index (Phi) is 5.90. The van der Waals surface area contributed by atoms with Crippen LogP contribution in [0.4, 0.5) is 0 Å². The molecule has 0 aliphatic heterocycles. The molecule has 1 aromatic rings. The van der Waals surface area contributed by atoms with E-state index in [1.807, 2.05) is 23.8 Å². The molecule has 0 fully saturated rings. The van der Waals surface area contributed by atoms with Crippen LogP contribution in [0.2, 0.25) is 0 Å². The van der Waals surface area contributed by atoms with Crippen LogP contribution in [0.5, 0.6) is 0 Å². The first-order valence-corrected chi connectivity index (χ1v) is 6.02. The average molecular weight is 232 g/mol. The Morgan fingerprint density at radius 1 is 1.50 bits per heavy atom. The van der Waals surface area contributed by atoms with Crippen molar-refractivity contribution in [2.24, 2.45) is 0 Å². The van der Waals surface area contributed by atoms with Crippen molar-refractivity contribution in [1.29, 1.82) is 0 Å². The number of hydrogen-bond donors (Lipinski definition) is 0. The molecule has 0 unspecified atom stereocenters. The van der Waals surface area contributed by atoms with Crippen LogP contribution in [0.25, 0.3) is 6.08 Å². The van der Waals surface area contributed by atoms with Gasteiger partial charge in [0, 0.05) is 0 Å². The second-order valence-electron chi connectivity index (χ2n) is 2.84. The van der Waals surface area contributed by atoms with Gasteiger partial charge in [-0.05, 0) is 42.0 Å². The van der Waals surface area contributed by atoms with Gasteiger partial charge in [0.25, 0.3) is 0 Å². The van der Waals surface area contributed by atoms with E-state index in [0.717, 1.165) is 12.0 Å². The highest BCUT2D eigenvalue weighted by Crippen LogP contribution is 2.09. The summed E-state index contributed by atoms with van der Waals surface area (Å²) in [7, 11) is 0. The Bertz CT molecular complexity index is 444. The molecule has 2 nitrogen and oxygen atoms in total. The molecule has 0 aliphatic carbocycles. The van der Waals surface area contributed by atoms with Crippen molar-refractivity contribution in [1.82, 2.24) is 0 Å². The summed E-state index contributed by atoms with van der Waals surface area (Å²) < 4.78 is 5.41. The second kappa shape index (κ2) is 7.61. The van der Waals surface area contributed by atoms with Crippen molar-refractivity contribution < 1.29 is 9.21 Å². The zero-order chi connectivity index (χ0) is 11.6. The Morgan fingerprint density at radius 3 is 3.12 bits per heavy atom. The van der Waals surface area contributed by atoms with Gasteiger partial charge in [0.1, 0.15) is 17.8 Å². The molecule has 0 aromatic carbocycles. The molecule has 0 bridgehead atoms. The first-order chi connectivity index (χ1) is 7.86. The molecular weight excluding hydrogens is 220 g/mol. The van der Waals surface area contributed by atoms with Gasteiger partial charge in [0.2, 0.25) is 0 Å². The number of thioether (sulfide) groups is 1. The van der Waals surface area contributed by atoms with Gasteiger partial charge in [0.05, 0.1) is 6.42 Å². The molecule has 0 spiro atoms. The molecule has 16 heavy (non-hydrogen) atoms. The number of allylic oxidation sites excluding steroid dienone is 2. The van der Waals surface area contributed by atoms with Crippen molar-refractivity contribution in [3.8, 4) is 11.8 Å². The van der Waals surface area contributed by atoms with Crippen LogP contribution in [0.15, 0.2) is 34.1 Å². The van der Waals surface area contributed by atoms with Crippen LogP contribution < -0.4 is 0 Å². The number of furan rings is 1. The van der Waals surface area contributed by atoms with Crippen LogP contribution in [-0.4, -0.2) is 12.5 Å². The summed E-state index contributed by atoms with van der Waals surface area (Å²) in [5.74, 6) is 7.34. The van der Waals surface area contributed by atoms with Crippen LogP contribution >= 0.6 is 11.8 Å². The van der Waals surface area contributed by atoms with E-state index in [1.165, 1.54) is 6.08 Å². The zero-order valence-electron chi connectivity index (χ0n) is 8.97. The summed E-state index contributed by atoms with van der Waals surface area (Å²) in [6.07, 6.45) is 8.10. The fourth-order valence-electron chi connectivity index (χ4n) is 1.01. The summed E-state index contributed by atoms with van der Waals surface area (Å²) >= 11 is 1.61. The van der Waals surface area contributed by atoms with Gasteiger partial charge in [-0.25, -0.2) is 0 Å². The first-order valence-electron chi connectivity index (χ1n) is 4.73. The fraction of sp³-hybridized carbons (Fsp3) is 0.154. The number of hydrogen-bond acceptors (Lipinski definition) is 3. The highest BCUT2D eigenvalue weighted by molar-refractivity contribution is 8.01. The van der Waals surface area contributed by atoms with Crippen molar-refractivity contribution >= 4 is 24.1 Å². The highest BCUT2D eigenvalue weighted by Gasteiger charge is 1.96. The third-order valence-electron chi connectivity index (χ3n) is 1.67. The summed E-state index contributed by atoms with van der Waals surface area (Å²) in [5.41, 5.74) is 0. The van der Waals surface area contributed by atoms with Gasteiger partial charge in [-0.3, -0.25) is 4.79 Å². The van der Waals surface area contributed by atoms with Gasteiger partial charge in [-0.2, -0.15) is 0 Å². The zero-order valence-corrected chi connectivity index (χ0v) is 9.79. The van der Waals surface area contributed by atoms with Gasteiger partial charge >= 0.3 is 0 Å². The van der Waals surface area contributed by atoms with Crippen LogP contribution in [-0.2, 0) is 11.2 Å². The maximum Gasteiger partial charge on any atom is 0.142 e. The van der Waals surface area contributed by atoms with Crippen molar-refractivity contribution in [2.45, 2.75) is 6.42 Å². The molecule has 1 aromatic heterocycles. The lowest BCUT2D eigenvalue weighted by atomic mass is 10.3. The minimum atomic E-state index is 0.577. The molecule has 3 heteroatoms. The average Bonchev–Trinajstić information content (AvgIpc) is 2.74. The standard InChI is InChI=1S/C13H12O2S/c1-16-11-4-2-3-6-12-8-9-13(15-12)7-5-10-14/h4-5,7-11H,6H2,1H3/b7-5-,11-4-. The number of carbonyl (C=O) groups excluding carboxylic acids is 1. The van der Waals surface area contributed by atoms with Crippen molar-refractivity contribution in [3.05, 3.63) is 41.2 Å². The van der Waals surface area contributed by atoms with E-state index in [1.54, 1.807) is 23.9 Å². The Morgan fingerprint density at radius 2 is 2.38 bits per heavy atom. The van der Waals surface area contributed by atoms with Gasteiger partial charge in [0.15, 0.2) is 0 Å². The third-order valence-corrected chi connectivity index (χ3v) is 2.08. The van der Waals surface area contributed by atoms with Crippen LogP contribution in [0.3, 0.4) is 0 Å². The molecule has 0 aliphatic rings. The lowest BCUT2D eigenvalue weighted by Crippen LogP contribution is -1.73. The predicted molar refractivity (Wildman–Crippen MR) is 67.9 cm³/mol. The molecule has 0 saturated heterocycles. The van der Waals surface area contributed by atoms with Crippen LogP contribution in [0.1, 0.15) is 11.5 Å². The van der Waals surface area contributed by atoms with Crippen molar-refractivity contribution in [2.75, 3.05) is 6.26 Å². The predicted octanol–water partition coefficient (Wildman–Crippen LogP) is 2.91. The van der Waals surface area contributed by atoms with E-state index in [2.05, 4.69) is 11.8 Å². The van der Waals surface area contributed by atoms with Crippen LogP contribution in [0, 0.1) is 11.8 Å². The normalized spacial score (nSPS) is 10.6.